The van der Waals surface area contributed by atoms with Crippen LogP contribution in [0.5, 0.6) is 0 Å². The van der Waals surface area contributed by atoms with Gasteiger partial charge in [0.15, 0.2) is 5.82 Å². The van der Waals surface area contributed by atoms with Crippen molar-refractivity contribution in [3.63, 3.8) is 0 Å². The van der Waals surface area contributed by atoms with Crippen LogP contribution in [0.3, 0.4) is 0 Å². The van der Waals surface area contributed by atoms with Crippen molar-refractivity contribution in [2.75, 3.05) is 0 Å². The number of aromatic nitrogens is 7. The Morgan fingerprint density at radius 3 is 2.72 bits per heavy atom. The number of fused-ring (bicyclic) bond motifs is 3. The molecule has 0 fully saturated rings. The Labute approximate surface area is 173 Å². The lowest BCUT2D eigenvalue weighted by molar-refractivity contribution is 0.857. The van der Waals surface area contributed by atoms with Crippen LogP contribution in [-0.2, 0) is 12.8 Å². The summed E-state index contributed by atoms with van der Waals surface area (Å²) in [6, 6.07) is 14.8. The summed E-state index contributed by atoms with van der Waals surface area (Å²) in [7, 11) is 1.70. The fourth-order valence-electron chi connectivity index (χ4n) is 3.16. The molecule has 0 saturated heterocycles. The summed E-state index contributed by atoms with van der Waals surface area (Å²) in [4.78, 5) is 17.1. The number of thioether (sulfide) groups is 1. The summed E-state index contributed by atoms with van der Waals surface area (Å²) in [5.74, 6) is 2.39. The number of para-hydroxylation sites is 1. The van der Waals surface area contributed by atoms with Crippen molar-refractivity contribution < 1.29 is 0 Å². The SMILES string of the molecule is Cn1c(=O)c2ccccc2n2c(CSc3n[nH]c(-c4ccc(Cl)cc4)n3)nnc12. The Morgan fingerprint density at radius 1 is 1.10 bits per heavy atom. The molecule has 0 spiro atoms. The zero-order valence-electron chi connectivity index (χ0n) is 15.2. The van der Waals surface area contributed by atoms with Gasteiger partial charge in [0, 0.05) is 17.6 Å². The van der Waals surface area contributed by atoms with E-state index in [1.807, 2.05) is 52.9 Å². The molecule has 10 heteroatoms. The van der Waals surface area contributed by atoms with Crippen molar-refractivity contribution in [3.05, 3.63) is 69.7 Å². The lowest BCUT2D eigenvalue weighted by Gasteiger charge is -2.07. The number of hydrogen-bond acceptors (Lipinski definition) is 6. The van der Waals surface area contributed by atoms with E-state index in [0.717, 1.165) is 16.9 Å². The molecule has 3 aromatic heterocycles. The molecule has 0 unspecified atom stereocenters. The van der Waals surface area contributed by atoms with Gasteiger partial charge in [-0.1, -0.05) is 35.5 Å². The highest BCUT2D eigenvalue weighted by molar-refractivity contribution is 7.98. The quantitative estimate of drug-likeness (QED) is 0.446. The van der Waals surface area contributed by atoms with E-state index >= 15 is 0 Å². The Kier molecular flexibility index (Phi) is 4.33. The summed E-state index contributed by atoms with van der Waals surface area (Å²) >= 11 is 7.37. The van der Waals surface area contributed by atoms with E-state index in [2.05, 4.69) is 25.4 Å². The third-order valence-electron chi connectivity index (χ3n) is 4.61. The second kappa shape index (κ2) is 7.02. The average Bonchev–Trinajstić information content (AvgIpc) is 3.38. The molecule has 0 aliphatic rings. The lowest BCUT2D eigenvalue weighted by Crippen LogP contribution is -2.20. The van der Waals surface area contributed by atoms with Gasteiger partial charge in [-0.05, 0) is 36.4 Å². The number of benzene rings is 2. The van der Waals surface area contributed by atoms with E-state index in [1.54, 1.807) is 7.05 Å². The smallest absolute Gasteiger partial charge is 0.262 e. The maximum atomic E-state index is 12.5. The largest absolute Gasteiger partial charge is 0.279 e. The fourth-order valence-corrected chi connectivity index (χ4v) is 4.00. The third-order valence-corrected chi connectivity index (χ3v) is 5.70. The van der Waals surface area contributed by atoms with Crippen molar-refractivity contribution in [3.8, 4) is 11.4 Å². The van der Waals surface area contributed by atoms with Crippen LogP contribution in [0, 0.1) is 0 Å². The van der Waals surface area contributed by atoms with Gasteiger partial charge in [-0.2, -0.15) is 0 Å². The molecule has 0 aliphatic heterocycles. The molecule has 0 radical (unpaired) electrons. The predicted octanol–water partition coefficient (Wildman–Crippen LogP) is 3.31. The molecule has 5 aromatic rings. The average molecular weight is 424 g/mol. The Bertz CT molecular complexity index is 1400. The second-order valence-corrected chi connectivity index (χ2v) is 7.77. The fraction of sp³-hybridized carbons (Fsp3) is 0.105. The van der Waals surface area contributed by atoms with Crippen LogP contribution >= 0.6 is 23.4 Å². The minimum absolute atomic E-state index is 0.0960. The topological polar surface area (TPSA) is 93.8 Å². The summed E-state index contributed by atoms with van der Waals surface area (Å²) < 4.78 is 3.41. The van der Waals surface area contributed by atoms with E-state index in [-0.39, 0.29) is 5.56 Å². The van der Waals surface area contributed by atoms with E-state index in [4.69, 9.17) is 11.6 Å². The first kappa shape index (κ1) is 17.9. The maximum Gasteiger partial charge on any atom is 0.262 e. The number of nitrogens with zero attached hydrogens (tertiary/aromatic N) is 6. The Morgan fingerprint density at radius 2 is 1.90 bits per heavy atom. The van der Waals surface area contributed by atoms with Crippen molar-refractivity contribution in [1.82, 2.24) is 34.3 Å². The van der Waals surface area contributed by atoms with Crippen LogP contribution in [0.2, 0.25) is 5.02 Å². The molecule has 0 atom stereocenters. The molecule has 3 heterocycles. The molecule has 0 aliphatic carbocycles. The molecule has 29 heavy (non-hydrogen) atoms. The minimum atomic E-state index is -0.0960. The number of hydrogen-bond donors (Lipinski definition) is 1. The second-order valence-electron chi connectivity index (χ2n) is 6.40. The van der Waals surface area contributed by atoms with Gasteiger partial charge >= 0.3 is 0 Å². The molecule has 144 valence electrons. The molecule has 0 amide bonds. The van der Waals surface area contributed by atoms with Gasteiger partial charge in [-0.25, -0.2) is 4.98 Å². The van der Waals surface area contributed by atoms with E-state index < -0.39 is 0 Å². The van der Waals surface area contributed by atoms with Crippen LogP contribution in [0.1, 0.15) is 5.82 Å². The highest BCUT2D eigenvalue weighted by Crippen LogP contribution is 2.24. The number of aryl methyl sites for hydroxylation is 1. The maximum absolute atomic E-state index is 12.5. The van der Waals surface area contributed by atoms with Crippen molar-refractivity contribution in [2.45, 2.75) is 10.9 Å². The number of nitrogens with one attached hydrogen (secondary N) is 1. The normalized spacial score (nSPS) is 11.5. The number of H-pyrrole nitrogens is 1. The van der Waals surface area contributed by atoms with Crippen LogP contribution in [-0.4, -0.2) is 34.3 Å². The summed E-state index contributed by atoms with van der Waals surface area (Å²) in [6.07, 6.45) is 0. The van der Waals surface area contributed by atoms with Gasteiger partial charge in [0.2, 0.25) is 10.9 Å². The standard InChI is InChI=1S/C19H14ClN7OS/c1-26-17(28)13-4-2-3-5-14(13)27-15(22-25-19(26)27)10-29-18-21-16(23-24-18)11-6-8-12(20)9-7-11/h2-9H,10H2,1H3,(H,21,23,24). The van der Waals surface area contributed by atoms with Crippen LogP contribution in [0.15, 0.2) is 58.5 Å². The molecular weight excluding hydrogens is 410 g/mol. The van der Waals surface area contributed by atoms with Gasteiger partial charge in [-0.3, -0.25) is 18.9 Å². The van der Waals surface area contributed by atoms with Gasteiger partial charge in [0.05, 0.1) is 16.7 Å². The van der Waals surface area contributed by atoms with Crippen molar-refractivity contribution >= 4 is 40.0 Å². The first-order valence-electron chi connectivity index (χ1n) is 8.75. The zero-order chi connectivity index (χ0) is 20.0. The highest BCUT2D eigenvalue weighted by Gasteiger charge is 2.15. The summed E-state index contributed by atoms with van der Waals surface area (Å²) in [5.41, 5.74) is 1.59. The van der Waals surface area contributed by atoms with Gasteiger partial charge in [-0.15, -0.1) is 15.3 Å². The first-order chi connectivity index (χ1) is 14.1. The highest BCUT2D eigenvalue weighted by atomic mass is 35.5. The minimum Gasteiger partial charge on any atom is -0.279 e. The molecule has 0 bridgehead atoms. The van der Waals surface area contributed by atoms with E-state index in [1.165, 1.54) is 16.3 Å². The molecule has 0 saturated carbocycles. The summed E-state index contributed by atoms with van der Waals surface area (Å²) in [6.45, 7) is 0. The van der Waals surface area contributed by atoms with Crippen molar-refractivity contribution in [2.24, 2.45) is 7.05 Å². The molecule has 1 N–H and O–H groups in total. The van der Waals surface area contributed by atoms with Gasteiger partial charge < -0.3 is 0 Å². The molecule has 5 rings (SSSR count). The van der Waals surface area contributed by atoms with Crippen LogP contribution < -0.4 is 5.56 Å². The third kappa shape index (κ3) is 3.08. The van der Waals surface area contributed by atoms with E-state index in [9.17, 15) is 4.79 Å². The van der Waals surface area contributed by atoms with Gasteiger partial charge in [0.1, 0.15) is 5.82 Å². The zero-order valence-corrected chi connectivity index (χ0v) is 16.8. The van der Waals surface area contributed by atoms with Crippen molar-refractivity contribution in [1.29, 1.82) is 0 Å². The number of aromatic amines is 1. The molecule has 2 aromatic carbocycles. The molecular formula is C19H14ClN7OS. The first-order valence-corrected chi connectivity index (χ1v) is 10.1. The number of halogens is 1. The Balaban J connectivity index is 1.48. The van der Waals surface area contributed by atoms with Crippen LogP contribution in [0.4, 0.5) is 0 Å². The lowest BCUT2D eigenvalue weighted by atomic mass is 10.2. The molecule has 8 nitrogen and oxygen atoms in total. The van der Waals surface area contributed by atoms with Crippen LogP contribution in [0.25, 0.3) is 28.1 Å². The summed E-state index contributed by atoms with van der Waals surface area (Å²) in [5, 5.41) is 17.6. The van der Waals surface area contributed by atoms with Gasteiger partial charge in [0.25, 0.3) is 5.56 Å². The predicted molar refractivity (Wildman–Crippen MR) is 112 cm³/mol. The Hall–Kier alpha value is -3.17. The van der Waals surface area contributed by atoms with E-state index in [0.29, 0.717) is 32.9 Å². The number of rotatable bonds is 4. The monoisotopic (exact) mass is 423 g/mol.